The normalized spacial score (nSPS) is 15.2. The van der Waals surface area contributed by atoms with Crippen LogP contribution in [0.5, 0.6) is 0 Å². The molecule has 0 fully saturated rings. The first kappa shape index (κ1) is 10.3. The predicted molar refractivity (Wildman–Crippen MR) is 49.0 cm³/mol. The SMILES string of the molecule is CC(C)(C)C(C)(C)/C(N)=N/N. The monoisotopic (exact) mass is 157 g/mol. The molecule has 0 saturated carbocycles. The van der Waals surface area contributed by atoms with Crippen LogP contribution in [0.3, 0.4) is 0 Å². The summed E-state index contributed by atoms with van der Waals surface area (Å²) in [5, 5.41) is 3.52. The Morgan fingerprint density at radius 3 is 1.55 bits per heavy atom. The van der Waals surface area contributed by atoms with Crippen molar-refractivity contribution in [2.75, 3.05) is 0 Å². The lowest BCUT2D eigenvalue weighted by molar-refractivity contribution is 0.214. The second-order valence-electron chi connectivity index (χ2n) is 4.39. The number of amidine groups is 1. The fourth-order valence-electron chi connectivity index (χ4n) is 0.546. The van der Waals surface area contributed by atoms with Gasteiger partial charge in [-0.1, -0.05) is 34.6 Å². The highest BCUT2D eigenvalue weighted by Crippen LogP contribution is 2.37. The van der Waals surface area contributed by atoms with Crippen LogP contribution < -0.4 is 11.6 Å². The number of nitrogens with two attached hydrogens (primary N) is 2. The first-order chi connectivity index (χ1) is 4.73. The molecular weight excluding hydrogens is 138 g/mol. The summed E-state index contributed by atoms with van der Waals surface area (Å²) in [6.07, 6.45) is 0. The van der Waals surface area contributed by atoms with Crippen molar-refractivity contribution < 1.29 is 0 Å². The maximum absolute atomic E-state index is 5.66. The van der Waals surface area contributed by atoms with E-state index in [9.17, 15) is 0 Å². The van der Waals surface area contributed by atoms with Crippen LogP contribution in [0.15, 0.2) is 5.10 Å². The molecule has 0 aliphatic heterocycles. The van der Waals surface area contributed by atoms with E-state index in [2.05, 4.69) is 25.9 Å². The molecule has 11 heavy (non-hydrogen) atoms. The van der Waals surface area contributed by atoms with Gasteiger partial charge in [0.2, 0.25) is 0 Å². The zero-order valence-corrected chi connectivity index (χ0v) is 8.10. The van der Waals surface area contributed by atoms with Gasteiger partial charge >= 0.3 is 0 Å². The topological polar surface area (TPSA) is 64.4 Å². The Kier molecular flexibility index (Phi) is 2.54. The molecule has 66 valence electrons. The van der Waals surface area contributed by atoms with Crippen LogP contribution in [0.4, 0.5) is 0 Å². The standard InChI is InChI=1S/C8H19N3/c1-7(2,3)8(4,5)6(9)11-10/h10H2,1-5H3,(H2,9,11). The second-order valence-corrected chi connectivity index (χ2v) is 4.39. The molecule has 0 aliphatic carbocycles. The van der Waals surface area contributed by atoms with Gasteiger partial charge in [-0.3, -0.25) is 0 Å². The molecule has 0 rings (SSSR count). The van der Waals surface area contributed by atoms with Gasteiger partial charge in [0.25, 0.3) is 0 Å². The molecule has 0 heterocycles. The van der Waals surface area contributed by atoms with E-state index in [-0.39, 0.29) is 10.8 Å². The number of rotatable bonds is 1. The average Bonchev–Trinajstić information content (AvgIpc) is 1.83. The smallest absolute Gasteiger partial charge is 0.125 e. The van der Waals surface area contributed by atoms with Gasteiger partial charge in [0, 0.05) is 5.41 Å². The van der Waals surface area contributed by atoms with Gasteiger partial charge in [-0.2, -0.15) is 5.10 Å². The van der Waals surface area contributed by atoms with Crippen LogP contribution in [0.25, 0.3) is 0 Å². The fraction of sp³-hybridized carbons (Fsp3) is 0.875. The molecule has 0 atom stereocenters. The minimum atomic E-state index is -0.151. The van der Waals surface area contributed by atoms with Crippen LogP contribution >= 0.6 is 0 Å². The molecule has 0 aromatic rings. The van der Waals surface area contributed by atoms with E-state index in [4.69, 9.17) is 11.6 Å². The maximum Gasteiger partial charge on any atom is 0.125 e. The van der Waals surface area contributed by atoms with Crippen LogP contribution in [0, 0.1) is 10.8 Å². The highest BCUT2D eigenvalue weighted by Gasteiger charge is 2.36. The van der Waals surface area contributed by atoms with Crippen LogP contribution in [-0.2, 0) is 0 Å². The van der Waals surface area contributed by atoms with Gasteiger partial charge in [0.1, 0.15) is 5.84 Å². The van der Waals surface area contributed by atoms with E-state index < -0.39 is 0 Å². The van der Waals surface area contributed by atoms with E-state index in [1.807, 2.05) is 13.8 Å². The number of hydrogen-bond acceptors (Lipinski definition) is 2. The molecule has 0 spiro atoms. The highest BCUT2D eigenvalue weighted by molar-refractivity contribution is 5.86. The molecule has 3 nitrogen and oxygen atoms in total. The molecule has 3 heteroatoms. The van der Waals surface area contributed by atoms with Crippen LogP contribution in [0.1, 0.15) is 34.6 Å². The Morgan fingerprint density at radius 1 is 1.09 bits per heavy atom. The predicted octanol–water partition coefficient (Wildman–Crippen LogP) is 1.29. The lowest BCUT2D eigenvalue weighted by Gasteiger charge is -2.37. The molecule has 0 aromatic carbocycles. The number of hydrazone groups is 1. The Balaban J connectivity index is 4.74. The summed E-state index contributed by atoms with van der Waals surface area (Å²) in [6, 6.07) is 0. The molecule has 0 aliphatic rings. The van der Waals surface area contributed by atoms with Crippen molar-refractivity contribution in [3.05, 3.63) is 0 Å². The molecule has 0 aromatic heterocycles. The first-order valence-corrected chi connectivity index (χ1v) is 3.77. The van der Waals surface area contributed by atoms with Crippen molar-refractivity contribution in [1.29, 1.82) is 0 Å². The minimum Gasteiger partial charge on any atom is -0.385 e. The third-order valence-corrected chi connectivity index (χ3v) is 2.65. The van der Waals surface area contributed by atoms with Crippen LogP contribution in [-0.4, -0.2) is 5.84 Å². The van der Waals surface area contributed by atoms with E-state index >= 15 is 0 Å². The van der Waals surface area contributed by atoms with Gasteiger partial charge in [0.05, 0.1) is 0 Å². The Morgan fingerprint density at radius 2 is 1.45 bits per heavy atom. The Labute approximate surface area is 68.8 Å². The second kappa shape index (κ2) is 2.72. The summed E-state index contributed by atoms with van der Waals surface area (Å²) < 4.78 is 0. The minimum absolute atomic E-state index is 0.0833. The quantitative estimate of drug-likeness (QED) is 0.261. The van der Waals surface area contributed by atoms with Crippen molar-refractivity contribution in [1.82, 2.24) is 0 Å². The Bertz CT molecular complexity index is 163. The zero-order valence-electron chi connectivity index (χ0n) is 8.10. The van der Waals surface area contributed by atoms with E-state index in [1.165, 1.54) is 0 Å². The average molecular weight is 157 g/mol. The lowest BCUT2D eigenvalue weighted by Crippen LogP contribution is -2.42. The van der Waals surface area contributed by atoms with Gasteiger partial charge in [-0.05, 0) is 5.41 Å². The summed E-state index contributed by atoms with van der Waals surface area (Å²) in [5.74, 6) is 5.62. The maximum atomic E-state index is 5.66. The van der Waals surface area contributed by atoms with Crippen molar-refractivity contribution in [2.45, 2.75) is 34.6 Å². The van der Waals surface area contributed by atoms with E-state index in [0.717, 1.165) is 0 Å². The summed E-state index contributed by atoms with van der Waals surface area (Å²) in [7, 11) is 0. The van der Waals surface area contributed by atoms with Gasteiger partial charge < -0.3 is 11.6 Å². The van der Waals surface area contributed by atoms with E-state index in [0.29, 0.717) is 5.84 Å². The van der Waals surface area contributed by atoms with Gasteiger partial charge in [-0.25, -0.2) is 0 Å². The number of nitrogens with zero attached hydrogens (tertiary/aromatic N) is 1. The molecule has 0 saturated heterocycles. The summed E-state index contributed by atoms with van der Waals surface area (Å²) in [4.78, 5) is 0. The summed E-state index contributed by atoms with van der Waals surface area (Å²) in [6.45, 7) is 10.4. The van der Waals surface area contributed by atoms with Gasteiger partial charge in [0.15, 0.2) is 0 Å². The molecule has 0 amide bonds. The summed E-state index contributed by atoms with van der Waals surface area (Å²) in [5.41, 5.74) is 5.59. The molecule has 4 N–H and O–H groups in total. The molecular formula is C8H19N3. The fourth-order valence-corrected chi connectivity index (χ4v) is 0.546. The van der Waals surface area contributed by atoms with Crippen LogP contribution in [0.2, 0.25) is 0 Å². The van der Waals surface area contributed by atoms with Crippen molar-refractivity contribution in [3.8, 4) is 0 Å². The summed E-state index contributed by atoms with van der Waals surface area (Å²) >= 11 is 0. The highest BCUT2D eigenvalue weighted by atomic mass is 15.2. The lowest BCUT2D eigenvalue weighted by atomic mass is 9.68. The van der Waals surface area contributed by atoms with Crippen molar-refractivity contribution in [2.24, 2.45) is 27.5 Å². The van der Waals surface area contributed by atoms with Crippen molar-refractivity contribution in [3.63, 3.8) is 0 Å². The molecule has 0 bridgehead atoms. The number of hydrogen-bond donors (Lipinski definition) is 2. The zero-order chi connectivity index (χ0) is 9.28. The molecule has 0 radical (unpaired) electrons. The Hall–Kier alpha value is -0.730. The third kappa shape index (κ3) is 1.85. The van der Waals surface area contributed by atoms with Crippen molar-refractivity contribution >= 4 is 5.84 Å². The van der Waals surface area contributed by atoms with E-state index in [1.54, 1.807) is 0 Å². The van der Waals surface area contributed by atoms with Gasteiger partial charge in [-0.15, -0.1) is 0 Å². The first-order valence-electron chi connectivity index (χ1n) is 3.77. The molecule has 0 unspecified atom stereocenters. The third-order valence-electron chi connectivity index (χ3n) is 2.65. The largest absolute Gasteiger partial charge is 0.385 e.